The number of aryl methyl sites for hydroxylation is 1. The van der Waals surface area contributed by atoms with Gasteiger partial charge in [-0.15, -0.1) is 5.10 Å². The highest BCUT2D eigenvalue weighted by molar-refractivity contribution is 5.89. The summed E-state index contributed by atoms with van der Waals surface area (Å²) in [4.78, 5) is 12.2. The Morgan fingerprint density at radius 2 is 2.04 bits per heavy atom. The topological polar surface area (TPSA) is 84.7 Å². The van der Waals surface area contributed by atoms with Gasteiger partial charge < -0.3 is 10.6 Å². The molecule has 3 rings (SSSR count). The number of rotatable bonds is 3. The summed E-state index contributed by atoms with van der Waals surface area (Å²) >= 11 is 0. The van der Waals surface area contributed by atoms with E-state index in [4.69, 9.17) is 0 Å². The van der Waals surface area contributed by atoms with Gasteiger partial charge >= 0.3 is 6.03 Å². The average molecular weight is 314 g/mol. The normalized spacial score (nSPS) is 21.0. The van der Waals surface area contributed by atoms with Crippen LogP contribution in [-0.4, -0.2) is 32.3 Å². The molecule has 1 aliphatic rings. The first-order valence-corrected chi connectivity index (χ1v) is 8.05. The van der Waals surface area contributed by atoms with Crippen LogP contribution in [0.5, 0.6) is 0 Å². The molecule has 7 nitrogen and oxygen atoms in total. The molecule has 23 heavy (non-hydrogen) atoms. The molecule has 0 saturated heterocycles. The van der Waals surface area contributed by atoms with Crippen molar-refractivity contribution in [3.63, 3.8) is 0 Å². The van der Waals surface area contributed by atoms with Crippen LogP contribution in [0.25, 0.3) is 5.69 Å². The third-order valence-corrected chi connectivity index (χ3v) is 4.33. The van der Waals surface area contributed by atoms with Crippen molar-refractivity contribution in [1.82, 2.24) is 25.5 Å². The van der Waals surface area contributed by atoms with E-state index in [0.717, 1.165) is 30.1 Å². The van der Waals surface area contributed by atoms with Gasteiger partial charge in [-0.2, -0.15) is 4.68 Å². The van der Waals surface area contributed by atoms with Gasteiger partial charge in [0.2, 0.25) is 0 Å². The highest BCUT2D eigenvalue weighted by atomic mass is 16.2. The number of amides is 2. The van der Waals surface area contributed by atoms with Crippen LogP contribution in [0, 0.1) is 12.8 Å². The Morgan fingerprint density at radius 1 is 1.26 bits per heavy atom. The Labute approximate surface area is 135 Å². The lowest BCUT2D eigenvalue weighted by molar-refractivity contribution is 0.239. The predicted octanol–water partition coefficient (Wildman–Crippen LogP) is 2.67. The first kappa shape index (κ1) is 15.5. The molecule has 0 unspecified atom stereocenters. The van der Waals surface area contributed by atoms with E-state index in [1.165, 1.54) is 12.8 Å². The summed E-state index contributed by atoms with van der Waals surface area (Å²) in [6.07, 6.45) is 4.47. The average Bonchev–Trinajstić information content (AvgIpc) is 2.96. The van der Waals surface area contributed by atoms with E-state index in [1.807, 2.05) is 31.2 Å². The number of urea groups is 1. The molecular weight excluding hydrogens is 292 g/mol. The van der Waals surface area contributed by atoms with Crippen molar-refractivity contribution in [2.75, 3.05) is 5.32 Å². The van der Waals surface area contributed by atoms with Gasteiger partial charge in [0.05, 0.1) is 5.69 Å². The van der Waals surface area contributed by atoms with Crippen molar-refractivity contribution in [3.8, 4) is 5.69 Å². The van der Waals surface area contributed by atoms with Crippen LogP contribution in [-0.2, 0) is 0 Å². The molecule has 0 bridgehead atoms. The van der Waals surface area contributed by atoms with Crippen LogP contribution in [0.1, 0.15) is 38.4 Å². The minimum Gasteiger partial charge on any atom is -0.335 e. The number of nitrogens with zero attached hydrogens (tertiary/aromatic N) is 4. The second-order valence-electron chi connectivity index (χ2n) is 6.24. The van der Waals surface area contributed by atoms with Crippen LogP contribution in [0.15, 0.2) is 24.3 Å². The Morgan fingerprint density at radius 3 is 2.74 bits per heavy atom. The summed E-state index contributed by atoms with van der Waals surface area (Å²) in [5, 5.41) is 17.4. The Hall–Kier alpha value is -2.44. The van der Waals surface area contributed by atoms with Gasteiger partial charge in [0, 0.05) is 11.7 Å². The summed E-state index contributed by atoms with van der Waals surface area (Å²) in [6, 6.07) is 7.59. The van der Waals surface area contributed by atoms with Gasteiger partial charge in [0.1, 0.15) is 0 Å². The fraction of sp³-hybridized carbons (Fsp3) is 0.500. The molecule has 1 aromatic carbocycles. The zero-order valence-corrected chi connectivity index (χ0v) is 13.5. The van der Waals surface area contributed by atoms with Crippen molar-refractivity contribution >= 4 is 11.7 Å². The monoisotopic (exact) mass is 314 g/mol. The minimum atomic E-state index is -0.157. The summed E-state index contributed by atoms with van der Waals surface area (Å²) in [7, 11) is 0. The maximum atomic E-state index is 12.2. The van der Waals surface area contributed by atoms with Crippen molar-refractivity contribution in [2.24, 2.45) is 5.92 Å². The van der Waals surface area contributed by atoms with E-state index in [9.17, 15) is 4.79 Å². The molecule has 0 atom stereocenters. The SMILES string of the molecule is Cc1nnnn1-c1cccc(NC(=O)NC2CCC(C)CC2)c1. The van der Waals surface area contributed by atoms with Gasteiger partial charge in [-0.05, 0) is 67.2 Å². The van der Waals surface area contributed by atoms with Gasteiger partial charge in [0.25, 0.3) is 0 Å². The fourth-order valence-electron chi connectivity index (χ4n) is 2.94. The first-order chi connectivity index (χ1) is 11.1. The maximum absolute atomic E-state index is 12.2. The van der Waals surface area contributed by atoms with Crippen LogP contribution < -0.4 is 10.6 Å². The van der Waals surface area contributed by atoms with E-state index >= 15 is 0 Å². The van der Waals surface area contributed by atoms with Crippen molar-refractivity contribution < 1.29 is 4.79 Å². The summed E-state index contributed by atoms with van der Waals surface area (Å²) < 4.78 is 1.63. The molecule has 2 aromatic rings. The second-order valence-corrected chi connectivity index (χ2v) is 6.24. The van der Waals surface area contributed by atoms with Gasteiger partial charge in [-0.25, -0.2) is 4.79 Å². The lowest BCUT2D eigenvalue weighted by Crippen LogP contribution is -2.39. The highest BCUT2D eigenvalue weighted by Gasteiger charge is 2.19. The zero-order chi connectivity index (χ0) is 16.2. The number of nitrogens with one attached hydrogen (secondary N) is 2. The van der Waals surface area contributed by atoms with E-state index in [2.05, 4.69) is 33.1 Å². The maximum Gasteiger partial charge on any atom is 0.319 e. The summed E-state index contributed by atoms with van der Waals surface area (Å²) in [6.45, 7) is 4.10. The minimum absolute atomic E-state index is 0.157. The third-order valence-electron chi connectivity index (χ3n) is 4.33. The molecule has 0 aliphatic heterocycles. The van der Waals surface area contributed by atoms with E-state index < -0.39 is 0 Å². The number of carbonyl (C=O) groups excluding carboxylic acids is 1. The van der Waals surface area contributed by atoms with Crippen molar-refractivity contribution in [1.29, 1.82) is 0 Å². The molecule has 1 heterocycles. The number of benzene rings is 1. The number of carbonyl (C=O) groups is 1. The van der Waals surface area contributed by atoms with Crippen molar-refractivity contribution in [3.05, 3.63) is 30.1 Å². The fourth-order valence-corrected chi connectivity index (χ4v) is 2.94. The molecule has 1 fully saturated rings. The standard InChI is InChI=1S/C16H22N6O/c1-11-6-8-13(9-7-11)17-16(23)18-14-4-3-5-15(10-14)22-12(2)19-20-21-22/h3-5,10-11,13H,6-9H2,1-2H3,(H2,17,18,23). The lowest BCUT2D eigenvalue weighted by Gasteiger charge is -2.26. The molecule has 1 saturated carbocycles. The summed E-state index contributed by atoms with van der Waals surface area (Å²) in [5.74, 6) is 1.47. The number of hydrogen-bond donors (Lipinski definition) is 2. The van der Waals surface area contributed by atoms with Crippen LogP contribution in [0.2, 0.25) is 0 Å². The van der Waals surface area contributed by atoms with Crippen LogP contribution in [0.4, 0.5) is 10.5 Å². The van der Waals surface area contributed by atoms with E-state index in [-0.39, 0.29) is 12.1 Å². The van der Waals surface area contributed by atoms with Gasteiger partial charge in [0.15, 0.2) is 5.82 Å². The van der Waals surface area contributed by atoms with Crippen LogP contribution >= 0.6 is 0 Å². The number of anilines is 1. The van der Waals surface area contributed by atoms with E-state index in [1.54, 1.807) is 4.68 Å². The second kappa shape index (κ2) is 6.76. The third kappa shape index (κ3) is 3.85. The molecule has 7 heteroatoms. The molecule has 0 radical (unpaired) electrons. The lowest BCUT2D eigenvalue weighted by atomic mass is 9.87. The molecule has 0 spiro atoms. The summed E-state index contributed by atoms with van der Waals surface area (Å²) in [5.41, 5.74) is 1.54. The molecule has 1 aliphatic carbocycles. The molecule has 2 amide bonds. The Bertz CT molecular complexity index is 675. The zero-order valence-electron chi connectivity index (χ0n) is 13.5. The molecule has 1 aromatic heterocycles. The molecular formula is C16H22N6O. The van der Waals surface area contributed by atoms with Gasteiger partial charge in [-0.1, -0.05) is 13.0 Å². The van der Waals surface area contributed by atoms with Crippen LogP contribution in [0.3, 0.4) is 0 Å². The Balaban J connectivity index is 1.62. The quantitative estimate of drug-likeness (QED) is 0.912. The highest BCUT2D eigenvalue weighted by Crippen LogP contribution is 2.23. The number of hydrogen-bond acceptors (Lipinski definition) is 4. The molecule has 2 N–H and O–H groups in total. The largest absolute Gasteiger partial charge is 0.335 e. The van der Waals surface area contributed by atoms with E-state index in [0.29, 0.717) is 5.82 Å². The first-order valence-electron chi connectivity index (χ1n) is 8.05. The predicted molar refractivity (Wildman–Crippen MR) is 87.5 cm³/mol. The van der Waals surface area contributed by atoms with Crippen molar-refractivity contribution in [2.45, 2.75) is 45.6 Å². The number of tetrazole rings is 1. The smallest absolute Gasteiger partial charge is 0.319 e. The van der Waals surface area contributed by atoms with Gasteiger partial charge in [-0.3, -0.25) is 0 Å². The number of aromatic nitrogens is 4. The Kier molecular flexibility index (Phi) is 4.55. The molecule has 122 valence electrons.